The Kier molecular flexibility index (Phi) is 7.89. The number of carbonyl (C=O) groups is 3. The van der Waals surface area contributed by atoms with Gasteiger partial charge >= 0.3 is 11.8 Å². The number of pyridine rings is 1. The molecule has 0 unspecified atom stereocenters. The zero-order valence-corrected chi connectivity index (χ0v) is 20.5. The van der Waals surface area contributed by atoms with Crippen molar-refractivity contribution in [2.24, 2.45) is 0 Å². The largest absolute Gasteiger partial charge is 0.346 e. The van der Waals surface area contributed by atoms with Gasteiger partial charge in [-0.2, -0.15) is 5.10 Å². The van der Waals surface area contributed by atoms with Crippen molar-refractivity contribution >= 4 is 23.8 Å². The molecule has 9 heteroatoms. The van der Waals surface area contributed by atoms with E-state index in [-0.39, 0.29) is 11.9 Å². The topological polar surface area (TPSA) is 100 Å². The zero-order valence-electron chi connectivity index (χ0n) is 20.5. The molecule has 1 N–H and O–H groups in total. The number of hydrogen-bond donors (Lipinski definition) is 1. The lowest BCUT2D eigenvalue weighted by atomic mass is 10.1. The molecule has 1 fully saturated rings. The highest BCUT2D eigenvalue weighted by atomic mass is 16.2. The smallest absolute Gasteiger partial charge is 0.312 e. The van der Waals surface area contributed by atoms with E-state index in [9.17, 15) is 14.4 Å². The summed E-state index contributed by atoms with van der Waals surface area (Å²) in [4.78, 5) is 44.6. The lowest BCUT2D eigenvalue weighted by Gasteiger charge is -2.33. The molecule has 3 heterocycles. The second-order valence-corrected chi connectivity index (χ2v) is 8.94. The van der Waals surface area contributed by atoms with Gasteiger partial charge in [0.1, 0.15) is 5.69 Å². The Morgan fingerprint density at radius 3 is 2.39 bits per heavy atom. The number of carbonyl (C=O) groups excluding carboxylic acids is 3. The van der Waals surface area contributed by atoms with Crippen LogP contribution >= 0.6 is 0 Å². The lowest BCUT2D eigenvalue weighted by molar-refractivity contribution is -0.148. The fraction of sp³-hybridized carbons (Fsp3) is 0.296. The van der Waals surface area contributed by atoms with E-state index in [1.165, 1.54) is 11.0 Å². The van der Waals surface area contributed by atoms with E-state index >= 15 is 0 Å². The van der Waals surface area contributed by atoms with Gasteiger partial charge in [-0.25, -0.2) is 0 Å². The predicted molar refractivity (Wildman–Crippen MR) is 136 cm³/mol. The Morgan fingerprint density at radius 2 is 1.72 bits per heavy atom. The van der Waals surface area contributed by atoms with Gasteiger partial charge in [-0.05, 0) is 37.6 Å². The summed E-state index contributed by atoms with van der Waals surface area (Å²) >= 11 is 0. The maximum Gasteiger partial charge on any atom is 0.312 e. The SMILES string of the molecule is CC(C)NC(=O)C(=O)N1CCN(C(=O)C=Cc2cn(Cc3ccccc3)nc2-c2cccnc2)CC1. The standard InChI is InChI=1S/C27H30N6O3/c1-20(2)29-26(35)27(36)32-15-13-31(14-16-32)24(34)11-10-23-19-33(18-21-7-4-3-5-8-21)30-25(23)22-9-6-12-28-17-22/h3-12,17,19-20H,13-16,18H2,1-2H3,(H,29,35). The fourth-order valence-corrected chi connectivity index (χ4v) is 4.00. The van der Waals surface area contributed by atoms with Crippen molar-refractivity contribution in [2.45, 2.75) is 26.4 Å². The third-order valence-corrected chi connectivity index (χ3v) is 5.81. The van der Waals surface area contributed by atoms with E-state index in [0.29, 0.717) is 32.7 Å². The van der Waals surface area contributed by atoms with Gasteiger partial charge in [-0.3, -0.25) is 24.0 Å². The average Bonchev–Trinajstić information content (AvgIpc) is 3.30. The molecule has 186 valence electrons. The van der Waals surface area contributed by atoms with E-state index in [0.717, 1.165) is 22.4 Å². The quantitative estimate of drug-likeness (QED) is 0.425. The highest BCUT2D eigenvalue weighted by molar-refractivity contribution is 6.35. The molecule has 0 saturated carbocycles. The molecular formula is C27H30N6O3. The van der Waals surface area contributed by atoms with Crippen LogP contribution in [-0.4, -0.2) is 74.5 Å². The minimum atomic E-state index is -0.611. The van der Waals surface area contributed by atoms with Crippen LogP contribution in [0.15, 0.2) is 67.1 Å². The monoisotopic (exact) mass is 486 g/mol. The first-order chi connectivity index (χ1) is 17.4. The van der Waals surface area contributed by atoms with Crippen LogP contribution in [0.3, 0.4) is 0 Å². The van der Waals surface area contributed by atoms with E-state index in [2.05, 4.69) is 10.3 Å². The Labute approximate surface area is 210 Å². The number of nitrogens with zero attached hydrogens (tertiary/aromatic N) is 5. The maximum atomic E-state index is 12.9. The van der Waals surface area contributed by atoms with Crippen molar-refractivity contribution in [2.75, 3.05) is 26.2 Å². The minimum Gasteiger partial charge on any atom is -0.346 e. The van der Waals surface area contributed by atoms with Crippen molar-refractivity contribution in [1.82, 2.24) is 29.9 Å². The average molecular weight is 487 g/mol. The Balaban J connectivity index is 1.44. The highest BCUT2D eigenvalue weighted by Crippen LogP contribution is 2.23. The van der Waals surface area contributed by atoms with Crippen LogP contribution in [-0.2, 0) is 20.9 Å². The molecule has 36 heavy (non-hydrogen) atoms. The normalized spacial score (nSPS) is 13.9. The van der Waals surface area contributed by atoms with E-state index in [4.69, 9.17) is 5.10 Å². The Hall–Kier alpha value is -4.27. The molecular weight excluding hydrogens is 456 g/mol. The summed E-state index contributed by atoms with van der Waals surface area (Å²) < 4.78 is 1.86. The van der Waals surface area contributed by atoms with Crippen LogP contribution in [0.4, 0.5) is 0 Å². The summed E-state index contributed by atoms with van der Waals surface area (Å²) in [5.41, 5.74) is 3.54. The van der Waals surface area contributed by atoms with E-state index in [1.54, 1.807) is 37.2 Å². The Bertz CT molecular complexity index is 1230. The number of amides is 3. The molecule has 9 nitrogen and oxygen atoms in total. The van der Waals surface area contributed by atoms with Gasteiger partial charge in [0.15, 0.2) is 0 Å². The van der Waals surface area contributed by atoms with Crippen LogP contribution < -0.4 is 5.32 Å². The predicted octanol–water partition coefficient (Wildman–Crippen LogP) is 2.20. The molecule has 0 spiro atoms. The first-order valence-electron chi connectivity index (χ1n) is 12.0. The third kappa shape index (κ3) is 6.24. The van der Waals surface area contributed by atoms with Crippen LogP contribution in [0, 0.1) is 0 Å². The summed E-state index contributed by atoms with van der Waals surface area (Å²) in [7, 11) is 0. The second-order valence-electron chi connectivity index (χ2n) is 8.94. The highest BCUT2D eigenvalue weighted by Gasteiger charge is 2.27. The summed E-state index contributed by atoms with van der Waals surface area (Å²) in [6, 6.07) is 13.7. The van der Waals surface area contributed by atoms with Gasteiger partial charge in [0.05, 0.1) is 6.54 Å². The van der Waals surface area contributed by atoms with Gasteiger partial charge < -0.3 is 15.1 Å². The van der Waals surface area contributed by atoms with Gasteiger partial charge in [-0.15, -0.1) is 0 Å². The molecule has 1 aliphatic heterocycles. The van der Waals surface area contributed by atoms with Gasteiger partial charge in [0, 0.05) is 68.0 Å². The first-order valence-corrected chi connectivity index (χ1v) is 12.0. The molecule has 1 saturated heterocycles. The Morgan fingerprint density at radius 1 is 1.00 bits per heavy atom. The minimum absolute atomic E-state index is 0.108. The molecule has 0 bridgehead atoms. The van der Waals surface area contributed by atoms with Crippen LogP contribution in [0.2, 0.25) is 0 Å². The van der Waals surface area contributed by atoms with Gasteiger partial charge in [-0.1, -0.05) is 30.3 Å². The fourth-order valence-electron chi connectivity index (χ4n) is 4.00. The summed E-state index contributed by atoms with van der Waals surface area (Å²) in [5.74, 6) is -1.32. The van der Waals surface area contributed by atoms with Crippen molar-refractivity contribution in [1.29, 1.82) is 0 Å². The van der Waals surface area contributed by atoms with E-state index in [1.807, 2.05) is 53.3 Å². The number of rotatable bonds is 6. The van der Waals surface area contributed by atoms with Crippen LogP contribution in [0.5, 0.6) is 0 Å². The molecule has 4 rings (SSSR count). The van der Waals surface area contributed by atoms with Crippen LogP contribution in [0.25, 0.3) is 17.3 Å². The summed E-state index contributed by atoms with van der Waals surface area (Å²) in [6.07, 6.45) is 8.68. The van der Waals surface area contributed by atoms with Gasteiger partial charge in [0.2, 0.25) is 5.91 Å². The molecule has 3 amide bonds. The maximum absolute atomic E-state index is 12.9. The molecule has 1 aliphatic rings. The third-order valence-electron chi connectivity index (χ3n) is 5.81. The molecule has 2 aromatic heterocycles. The van der Waals surface area contributed by atoms with Crippen molar-refractivity contribution < 1.29 is 14.4 Å². The zero-order chi connectivity index (χ0) is 25.5. The van der Waals surface area contributed by atoms with Crippen molar-refractivity contribution in [3.05, 3.63) is 78.3 Å². The van der Waals surface area contributed by atoms with E-state index < -0.39 is 11.8 Å². The number of hydrogen-bond acceptors (Lipinski definition) is 5. The first kappa shape index (κ1) is 24.8. The van der Waals surface area contributed by atoms with Crippen LogP contribution in [0.1, 0.15) is 25.0 Å². The molecule has 0 radical (unpaired) electrons. The molecule has 1 aromatic carbocycles. The number of piperazine rings is 1. The summed E-state index contributed by atoms with van der Waals surface area (Å²) in [5, 5.41) is 7.36. The number of aromatic nitrogens is 3. The lowest BCUT2D eigenvalue weighted by Crippen LogP contribution is -2.54. The number of benzene rings is 1. The summed E-state index contributed by atoms with van der Waals surface area (Å²) in [6.45, 7) is 5.59. The van der Waals surface area contributed by atoms with Gasteiger partial charge in [0.25, 0.3) is 0 Å². The second kappa shape index (κ2) is 11.4. The molecule has 3 aromatic rings. The van der Waals surface area contributed by atoms with Crippen molar-refractivity contribution in [3.63, 3.8) is 0 Å². The molecule has 0 aliphatic carbocycles. The number of nitrogens with one attached hydrogen (secondary N) is 1. The molecule has 0 atom stereocenters. The van der Waals surface area contributed by atoms with Crippen molar-refractivity contribution in [3.8, 4) is 11.3 Å².